The van der Waals surface area contributed by atoms with Gasteiger partial charge in [-0.2, -0.15) is 0 Å². The maximum atomic E-state index is 11.8. The van der Waals surface area contributed by atoms with E-state index in [1.807, 2.05) is 4.90 Å². The lowest BCUT2D eigenvalue weighted by Crippen LogP contribution is -2.41. The van der Waals surface area contributed by atoms with Gasteiger partial charge in [0.15, 0.2) is 0 Å². The topological polar surface area (TPSA) is 55.3 Å². The van der Waals surface area contributed by atoms with Crippen LogP contribution in [0.15, 0.2) is 31.2 Å². The number of allylic oxidation sites excluding steroid dienone is 1. The molecule has 19 heavy (non-hydrogen) atoms. The minimum atomic E-state index is 0.125. The van der Waals surface area contributed by atoms with Crippen LogP contribution in [0.2, 0.25) is 0 Å². The van der Waals surface area contributed by atoms with Crippen molar-refractivity contribution in [2.45, 2.75) is 31.8 Å². The van der Waals surface area contributed by atoms with Gasteiger partial charge in [0, 0.05) is 44.7 Å². The van der Waals surface area contributed by atoms with E-state index in [9.17, 15) is 4.79 Å². The van der Waals surface area contributed by atoms with Crippen LogP contribution in [0.5, 0.6) is 5.88 Å². The summed E-state index contributed by atoms with van der Waals surface area (Å²) in [5, 5.41) is 0. The van der Waals surface area contributed by atoms with Crippen molar-refractivity contribution in [1.82, 2.24) is 14.9 Å². The fraction of sp³-hybridized carbons (Fsp3) is 0.500. The molecule has 1 aliphatic rings. The molecule has 1 amide bonds. The van der Waals surface area contributed by atoms with Gasteiger partial charge >= 0.3 is 0 Å². The number of hydrogen-bond acceptors (Lipinski definition) is 4. The zero-order valence-electron chi connectivity index (χ0n) is 11.0. The minimum absolute atomic E-state index is 0.125. The second-order valence-corrected chi connectivity index (χ2v) is 4.57. The lowest BCUT2D eigenvalue weighted by Gasteiger charge is -2.31. The molecule has 1 aromatic rings. The number of carbonyl (C=O) groups excluding carboxylic acids is 1. The van der Waals surface area contributed by atoms with Crippen LogP contribution in [-0.4, -0.2) is 40.0 Å². The van der Waals surface area contributed by atoms with Gasteiger partial charge in [-0.25, -0.2) is 4.98 Å². The van der Waals surface area contributed by atoms with Crippen LogP contribution >= 0.6 is 0 Å². The van der Waals surface area contributed by atoms with Crippen molar-refractivity contribution in [3.63, 3.8) is 0 Å². The van der Waals surface area contributed by atoms with Gasteiger partial charge in [0.1, 0.15) is 6.10 Å². The number of hydrogen-bond donors (Lipinski definition) is 0. The summed E-state index contributed by atoms with van der Waals surface area (Å²) >= 11 is 0. The van der Waals surface area contributed by atoms with E-state index in [2.05, 4.69) is 16.5 Å². The first kappa shape index (κ1) is 13.5. The van der Waals surface area contributed by atoms with Crippen molar-refractivity contribution in [3.8, 4) is 5.88 Å². The van der Waals surface area contributed by atoms with E-state index < -0.39 is 0 Å². The molecule has 0 aromatic carbocycles. The van der Waals surface area contributed by atoms with Gasteiger partial charge < -0.3 is 9.64 Å². The fourth-order valence-electron chi connectivity index (χ4n) is 2.12. The number of carbonyl (C=O) groups is 1. The third-order valence-electron chi connectivity index (χ3n) is 3.18. The van der Waals surface area contributed by atoms with Crippen molar-refractivity contribution in [1.29, 1.82) is 0 Å². The third kappa shape index (κ3) is 4.05. The van der Waals surface area contributed by atoms with Gasteiger partial charge in [0.2, 0.25) is 11.8 Å². The molecule has 5 heteroatoms. The first-order valence-electron chi connectivity index (χ1n) is 6.61. The molecule has 1 aromatic heterocycles. The number of rotatable bonds is 5. The van der Waals surface area contributed by atoms with Gasteiger partial charge in [0.25, 0.3) is 0 Å². The Kier molecular flexibility index (Phi) is 4.89. The monoisotopic (exact) mass is 261 g/mol. The predicted molar refractivity (Wildman–Crippen MR) is 71.7 cm³/mol. The van der Waals surface area contributed by atoms with Crippen molar-refractivity contribution >= 4 is 5.91 Å². The molecule has 0 bridgehead atoms. The molecule has 2 rings (SSSR count). The smallest absolute Gasteiger partial charge is 0.232 e. The van der Waals surface area contributed by atoms with Crippen LogP contribution in [-0.2, 0) is 4.79 Å². The maximum Gasteiger partial charge on any atom is 0.232 e. The van der Waals surface area contributed by atoms with E-state index in [0.29, 0.717) is 12.3 Å². The quantitative estimate of drug-likeness (QED) is 0.759. The summed E-state index contributed by atoms with van der Waals surface area (Å²) < 4.78 is 5.74. The number of nitrogens with zero attached hydrogens (tertiary/aromatic N) is 3. The highest BCUT2D eigenvalue weighted by molar-refractivity contribution is 5.76. The number of ether oxygens (including phenoxy) is 1. The molecule has 0 radical (unpaired) electrons. The number of piperidine rings is 1. The Morgan fingerprint density at radius 1 is 1.47 bits per heavy atom. The standard InChI is InChI=1S/C14H19N3O2/c1-2-3-4-14(18)17-9-5-12(6-10-17)19-13-11-15-7-8-16-13/h2,7-8,11-12H,1,3-6,9-10H2. The van der Waals surface area contributed by atoms with E-state index in [-0.39, 0.29) is 12.0 Å². The Bertz CT molecular complexity index is 414. The highest BCUT2D eigenvalue weighted by Gasteiger charge is 2.23. The molecule has 2 heterocycles. The van der Waals surface area contributed by atoms with Crippen molar-refractivity contribution in [2.24, 2.45) is 0 Å². The zero-order chi connectivity index (χ0) is 13.5. The molecule has 0 N–H and O–H groups in total. The second kappa shape index (κ2) is 6.87. The van der Waals surface area contributed by atoms with Gasteiger partial charge in [-0.05, 0) is 6.42 Å². The van der Waals surface area contributed by atoms with Crippen LogP contribution in [0.4, 0.5) is 0 Å². The second-order valence-electron chi connectivity index (χ2n) is 4.57. The zero-order valence-corrected chi connectivity index (χ0v) is 11.0. The molecule has 0 saturated carbocycles. The third-order valence-corrected chi connectivity index (χ3v) is 3.18. The first-order valence-corrected chi connectivity index (χ1v) is 6.61. The van der Waals surface area contributed by atoms with E-state index in [0.717, 1.165) is 32.4 Å². The number of amides is 1. The highest BCUT2D eigenvalue weighted by atomic mass is 16.5. The van der Waals surface area contributed by atoms with Crippen molar-refractivity contribution < 1.29 is 9.53 Å². The van der Waals surface area contributed by atoms with Gasteiger partial charge in [-0.15, -0.1) is 6.58 Å². The maximum absolute atomic E-state index is 11.8. The average Bonchev–Trinajstić information content (AvgIpc) is 2.46. The van der Waals surface area contributed by atoms with Crippen LogP contribution in [0, 0.1) is 0 Å². The molecule has 102 valence electrons. The van der Waals surface area contributed by atoms with Gasteiger partial charge in [-0.3, -0.25) is 9.78 Å². The summed E-state index contributed by atoms with van der Waals surface area (Å²) in [6, 6.07) is 0. The summed E-state index contributed by atoms with van der Waals surface area (Å²) in [4.78, 5) is 21.8. The molecule has 0 unspecified atom stereocenters. The largest absolute Gasteiger partial charge is 0.473 e. The molecule has 1 fully saturated rings. The Morgan fingerprint density at radius 2 is 2.26 bits per heavy atom. The highest BCUT2D eigenvalue weighted by Crippen LogP contribution is 2.17. The fourth-order valence-corrected chi connectivity index (χ4v) is 2.12. The molecular weight excluding hydrogens is 242 g/mol. The Morgan fingerprint density at radius 3 is 2.89 bits per heavy atom. The number of aromatic nitrogens is 2. The van der Waals surface area contributed by atoms with Crippen molar-refractivity contribution in [2.75, 3.05) is 13.1 Å². The summed E-state index contributed by atoms with van der Waals surface area (Å²) in [7, 11) is 0. The summed E-state index contributed by atoms with van der Waals surface area (Å²) in [5.74, 6) is 0.761. The lowest BCUT2D eigenvalue weighted by molar-refractivity contribution is -0.132. The molecule has 0 spiro atoms. The average molecular weight is 261 g/mol. The van der Waals surface area contributed by atoms with Crippen LogP contribution in [0.1, 0.15) is 25.7 Å². The van der Waals surface area contributed by atoms with E-state index in [4.69, 9.17) is 4.74 Å². The molecule has 5 nitrogen and oxygen atoms in total. The van der Waals surface area contributed by atoms with E-state index in [1.54, 1.807) is 24.7 Å². The molecule has 1 aliphatic heterocycles. The predicted octanol–water partition coefficient (Wildman–Crippen LogP) is 1.81. The molecule has 0 atom stereocenters. The SMILES string of the molecule is C=CCCC(=O)N1CCC(Oc2cnccn2)CC1. The van der Waals surface area contributed by atoms with Crippen LogP contribution < -0.4 is 4.74 Å². The van der Waals surface area contributed by atoms with E-state index >= 15 is 0 Å². The Balaban J connectivity index is 1.76. The molecular formula is C14H19N3O2. The summed E-state index contributed by atoms with van der Waals surface area (Å²) in [6.45, 7) is 5.13. The van der Waals surface area contributed by atoms with E-state index in [1.165, 1.54) is 0 Å². The van der Waals surface area contributed by atoms with Crippen LogP contribution in [0.25, 0.3) is 0 Å². The van der Waals surface area contributed by atoms with Gasteiger partial charge in [0.05, 0.1) is 6.20 Å². The minimum Gasteiger partial charge on any atom is -0.473 e. The summed E-state index contributed by atoms with van der Waals surface area (Å²) in [6.07, 6.45) is 9.74. The normalized spacial score (nSPS) is 16.1. The Labute approximate surface area is 113 Å². The van der Waals surface area contributed by atoms with Crippen LogP contribution in [0.3, 0.4) is 0 Å². The number of likely N-dealkylation sites (tertiary alicyclic amines) is 1. The lowest BCUT2D eigenvalue weighted by atomic mass is 10.1. The molecule has 0 aliphatic carbocycles. The molecule has 1 saturated heterocycles. The first-order chi connectivity index (χ1) is 9.29. The Hall–Kier alpha value is -1.91. The summed E-state index contributed by atoms with van der Waals surface area (Å²) in [5.41, 5.74) is 0. The van der Waals surface area contributed by atoms with Crippen molar-refractivity contribution in [3.05, 3.63) is 31.2 Å². The van der Waals surface area contributed by atoms with Gasteiger partial charge in [-0.1, -0.05) is 6.08 Å².